The van der Waals surface area contributed by atoms with Gasteiger partial charge in [0.1, 0.15) is 17.8 Å². The molecule has 0 bridgehead atoms. The molecule has 2 aromatic carbocycles. The van der Waals surface area contributed by atoms with Gasteiger partial charge in [0.2, 0.25) is 5.88 Å². The highest BCUT2D eigenvalue weighted by atomic mass is 16.5. The third kappa shape index (κ3) is 3.77. The molecule has 35 heavy (non-hydrogen) atoms. The molecule has 0 saturated carbocycles. The number of nitrogens with zero attached hydrogens (tertiary/aromatic N) is 4. The normalized spacial score (nSPS) is 18.7. The van der Waals surface area contributed by atoms with Gasteiger partial charge in [-0.2, -0.15) is 0 Å². The lowest BCUT2D eigenvalue weighted by molar-refractivity contribution is -0.118. The van der Waals surface area contributed by atoms with Crippen molar-refractivity contribution < 1.29 is 14.3 Å². The fraction of sp³-hybridized carbons (Fsp3) is 0.286. The molecule has 1 atom stereocenters. The maximum absolute atomic E-state index is 13.5. The lowest BCUT2D eigenvalue weighted by Crippen LogP contribution is -2.33. The number of carbonyl (C=O) groups is 1. The Kier molecular flexibility index (Phi) is 4.95. The molecular weight excluding hydrogens is 440 g/mol. The monoisotopic (exact) mass is 466 g/mol. The van der Waals surface area contributed by atoms with Crippen LogP contribution in [0.3, 0.4) is 0 Å². The zero-order chi connectivity index (χ0) is 24.2. The second kappa shape index (κ2) is 8.05. The molecule has 0 fully saturated rings. The zero-order valence-corrected chi connectivity index (χ0v) is 20.0. The lowest BCUT2D eigenvalue weighted by Gasteiger charge is -2.37. The highest BCUT2D eigenvalue weighted by Crippen LogP contribution is 2.50. The number of methoxy groups -OCH3 is 1. The predicted octanol–water partition coefficient (Wildman–Crippen LogP) is 4.89. The number of benzene rings is 2. The Hall–Kier alpha value is -4.00. The van der Waals surface area contributed by atoms with E-state index >= 15 is 0 Å². The Morgan fingerprint density at radius 1 is 1.09 bits per heavy atom. The summed E-state index contributed by atoms with van der Waals surface area (Å²) in [5.74, 6) is 2.53. The summed E-state index contributed by atoms with van der Waals surface area (Å²) in [6.07, 6.45) is 3.39. The molecule has 4 aromatic rings. The van der Waals surface area contributed by atoms with E-state index in [4.69, 9.17) is 14.5 Å². The van der Waals surface area contributed by atoms with E-state index < -0.39 is 0 Å². The Bertz CT molecular complexity index is 1470. The van der Waals surface area contributed by atoms with Crippen molar-refractivity contribution in [1.82, 2.24) is 19.6 Å². The quantitative estimate of drug-likeness (QED) is 0.426. The maximum atomic E-state index is 13.5. The molecule has 6 rings (SSSR count). The highest BCUT2D eigenvalue weighted by molar-refractivity contribution is 6.00. The van der Waals surface area contributed by atoms with E-state index in [1.165, 1.54) is 0 Å². The van der Waals surface area contributed by atoms with Crippen LogP contribution in [0.15, 0.2) is 72.3 Å². The van der Waals surface area contributed by atoms with Gasteiger partial charge in [-0.3, -0.25) is 4.79 Å². The first kappa shape index (κ1) is 21.5. The maximum Gasteiger partial charge on any atom is 0.228 e. The van der Waals surface area contributed by atoms with Crippen LogP contribution in [0.5, 0.6) is 11.6 Å². The number of carbonyl (C=O) groups excluding carboxylic acids is 1. The Labute approximate surface area is 203 Å². The summed E-state index contributed by atoms with van der Waals surface area (Å²) in [5.41, 5.74) is 4.12. The molecule has 7 nitrogen and oxygen atoms in total. The zero-order valence-electron chi connectivity index (χ0n) is 20.0. The van der Waals surface area contributed by atoms with Crippen molar-refractivity contribution in [3.8, 4) is 11.6 Å². The van der Waals surface area contributed by atoms with E-state index in [0.717, 1.165) is 33.8 Å². The van der Waals surface area contributed by atoms with Crippen molar-refractivity contribution in [3.05, 3.63) is 94.8 Å². The Morgan fingerprint density at radius 2 is 1.86 bits per heavy atom. The first-order valence-electron chi connectivity index (χ1n) is 11.8. The van der Waals surface area contributed by atoms with E-state index in [9.17, 15) is 4.79 Å². The SMILES string of the molecule is COc1ccc(Cc2nc3c4c(ncn3n2)OC2=C(C(=O)CC(C)(C)C2)C4c2ccccc2)cc1. The van der Waals surface area contributed by atoms with E-state index in [-0.39, 0.29) is 17.1 Å². The summed E-state index contributed by atoms with van der Waals surface area (Å²) >= 11 is 0. The van der Waals surface area contributed by atoms with E-state index in [2.05, 4.69) is 36.1 Å². The van der Waals surface area contributed by atoms with Crippen molar-refractivity contribution in [2.75, 3.05) is 7.11 Å². The molecule has 0 spiro atoms. The van der Waals surface area contributed by atoms with Gasteiger partial charge >= 0.3 is 0 Å². The second-order valence-corrected chi connectivity index (χ2v) is 10.0. The summed E-state index contributed by atoms with van der Waals surface area (Å²) < 4.78 is 13.3. The average molecular weight is 467 g/mol. The first-order chi connectivity index (χ1) is 16.9. The highest BCUT2D eigenvalue weighted by Gasteiger charge is 2.43. The van der Waals surface area contributed by atoms with Crippen molar-refractivity contribution in [1.29, 1.82) is 0 Å². The van der Waals surface area contributed by atoms with E-state index in [0.29, 0.717) is 36.6 Å². The van der Waals surface area contributed by atoms with Crippen molar-refractivity contribution in [3.63, 3.8) is 0 Å². The topological polar surface area (TPSA) is 78.6 Å². The molecule has 0 radical (unpaired) electrons. The van der Waals surface area contributed by atoms with Crippen LogP contribution in [0.2, 0.25) is 0 Å². The fourth-order valence-corrected chi connectivity index (χ4v) is 5.17. The summed E-state index contributed by atoms with van der Waals surface area (Å²) in [6, 6.07) is 17.9. The van der Waals surface area contributed by atoms with Gasteiger partial charge in [-0.25, -0.2) is 14.5 Å². The van der Waals surface area contributed by atoms with Crippen molar-refractivity contribution in [2.24, 2.45) is 5.41 Å². The van der Waals surface area contributed by atoms with Gasteiger partial charge in [-0.05, 0) is 28.7 Å². The molecule has 2 aromatic heterocycles. The number of aromatic nitrogens is 4. The number of rotatable bonds is 4. The van der Waals surface area contributed by atoms with Crippen molar-refractivity contribution in [2.45, 2.75) is 39.0 Å². The van der Waals surface area contributed by atoms with Crippen LogP contribution in [0.1, 0.15) is 55.1 Å². The van der Waals surface area contributed by atoms with Crippen LogP contribution in [0.4, 0.5) is 0 Å². The first-order valence-corrected chi connectivity index (χ1v) is 11.8. The number of ether oxygens (including phenoxy) is 2. The Morgan fingerprint density at radius 3 is 2.60 bits per heavy atom. The van der Waals surface area contributed by atoms with Gasteiger partial charge in [-0.15, -0.1) is 5.10 Å². The number of Topliss-reactive ketones (excluding diaryl/α,β-unsaturated/α-hetero) is 1. The predicted molar refractivity (Wildman–Crippen MR) is 131 cm³/mol. The average Bonchev–Trinajstić information content (AvgIpc) is 3.25. The van der Waals surface area contributed by atoms with Crippen molar-refractivity contribution >= 4 is 11.4 Å². The smallest absolute Gasteiger partial charge is 0.228 e. The second-order valence-electron chi connectivity index (χ2n) is 10.0. The fourth-order valence-electron chi connectivity index (χ4n) is 5.17. The van der Waals surface area contributed by atoms with Gasteiger partial charge in [-0.1, -0.05) is 56.3 Å². The molecule has 3 heterocycles. The number of hydrogen-bond donors (Lipinski definition) is 0. The molecule has 0 N–H and O–H groups in total. The lowest BCUT2D eigenvalue weighted by atomic mass is 9.70. The minimum absolute atomic E-state index is 0.121. The molecule has 1 aliphatic heterocycles. The molecule has 7 heteroatoms. The van der Waals surface area contributed by atoms with Gasteiger partial charge in [0.15, 0.2) is 17.3 Å². The van der Waals surface area contributed by atoms with E-state index in [1.807, 2.05) is 42.5 Å². The molecule has 1 unspecified atom stereocenters. The molecule has 1 aliphatic carbocycles. The van der Waals surface area contributed by atoms with Crippen LogP contribution >= 0.6 is 0 Å². The molecule has 2 aliphatic rings. The number of fused-ring (bicyclic) bond motifs is 3. The summed E-state index contributed by atoms with van der Waals surface area (Å²) in [6.45, 7) is 4.21. The van der Waals surface area contributed by atoms with Gasteiger partial charge < -0.3 is 9.47 Å². The minimum atomic E-state index is -0.298. The van der Waals surface area contributed by atoms with Crippen LogP contribution in [0.25, 0.3) is 5.65 Å². The molecule has 0 saturated heterocycles. The van der Waals surface area contributed by atoms with Gasteiger partial charge in [0.25, 0.3) is 0 Å². The van der Waals surface area contributed by atoms with Crippen LogP contribution in [-0.4, -0.2) is 32.5 Å². The summed E-state index contributed by atoms with van der Waals surface area (Å²) in [7, 11) is 1.65. The number of hydrogen-bond acceptors (Lipinski definition) is 6. The van der Waals surface area contributed by atoms with E-state index in [1.54, 1.807) is 18.0 Å². The molecule has 176 valence electrons. The Balaban J connectivity index is 1.49. The summed E-state index contributed by atoms with van der Waals surface area (Å²) in [4.78, 5) is 23.0. The molecular formula is C28H26N4O3. The van der Waals surface area contributed by atoms with Crippen LogP contribution in [-0.2, 0) is 11.2 Å². The third-order valence-corrected chi connectivity index (χ3v) is 6.76. The largest absolute Gasteiger partial charge is 0.497 e. The third-order valence-electron chi connectivity index (χ3n) is 6.76. The van der Waals surface area contributed by atoms with Crippen LogP contribution < -0.4 is 9.47 Å². The standard InChI is InChI=1S/C28H26N4O3/c1-28(2)14-20(33)24-21(15-28)35-27-25(23(24)18-7-5-4-6-8-18)26-30-22(31-32(26)16-29-27)13-17-9-11-19(34-3)12-10-17/h4-12,16,23H,13-15H2,1-3H3. The van der Waals surface area contributed by atoms with Gasteiger partial charge in [0, 0.05) is 30.8 Å². The van der Waals surface area contributed by atoms with Gasteiger partial charge in [0.05, 0.1) is 12.7 Å². The molecule has 0 amide bonds. The number of allylic oxidation sites excluding steroid dienone is 2. The van der Waals surface area contributed by atoms with Crippen LogP contribution in [0, 0.1) is 5.41 Å². The minimum Gasteiger partial charge on any atom is -0.497 e. The number of ketones is 1. The summed E-state index contributed by atoms with van der Waals surface area (Å²) in [5, 5.41) is 4.69.